The van der Waals surface area contributed by atoms with Gasteiger partial charge in [0.25, 0.3) is 0 Å². The molecule has 0 aliphatic carbocycles. The summed E-state index contributed by atoms with van der Waals surface area (Å²) in [6.45, 7) is 2.61. The van der Waals surface area contributed by atoms with E-state index in [1.807, 2.05) is 12.1 Å². The number of benzene rings is 3. The van der Waals surface area contributed by atoms with Gasteiger partial charge in [0.2, 0.25) is 0 Å². The summed E-state index contributed by atoms with van der Waals surface area (Å²) in [5.41, 5.74) is 3.16. The van der Waals surface area contributed by atoms with E-state index in [1.54, 1.807) is 41.3 Å². The Kier molecular flexibility index (Phi) is 6.09. The molecule has 1 heterocycles. The molecule has 158 valence electrons. The molecule has 31 heavy (non-hydrogen) atoms. The maximum absolute atomic E-state index is 12.6. The van der Waals surface area contributed by atoms with E-state index in [0.717, 1.165) is 6.42 Å². The number of hydrogen-bond donors (Lipinski definition) is 1. The number of esters is 1. The molecule has 4 rings (SSSR count). The van der Waals surface area contributed by atoms with Crippen LogP contribution in [-0.4, -0.2) is 23.4 Å². The summed E-state index contributed by atoms with van der Waals surface area (Å²) in [7, 11) is 0. The van der Waals surface area contributed by atoms with Gasteiger partial charge in [0.05, 0.1) is 5.02 Å². The molecule has 0 saturated heterocycles. The van der Waals surface area contributed by atoms with Crippen molar-refractivity contribution in [3.8, 4) is 17.2 Å². The molecule has 1 N–H and O–H groups in total. The predicted octanol–water partition coefficient (Wildman–Crippen LogP) is 5.65. The lowest BCUT2D eigenvalue weighted by Gasteiger charge is -2.29. The van der Waals surface area contributed by atoms with Gasteiger partial charge in [-0.05, 0) is 53.9 Å². The van der Waals surface area contributed by atoms with E-state index in [4.69, 9.17) is 21.1 Å². The Morgan fingerprint density at radius 2 is 1.68 bits per heavy atom. The lowest BCUT2D eigenvalue weighted by Crippen LogP contribution is -2.38. The van der Waals surface area contributed by atoms with Crippen LogP contribution in [0.2, 0.25) is 5.02 Å². The number of nitrogens with zero attached hydrogens (tertiary/aromatic N) is 1. The molecular weight excluding hydrogens is 416 g/mol. The molecule has 3 aromatic rings. The average molecular weight is 437 g/mol. The van der Waals surface area contributed by atoms with Crippen molar-refractivity contribution in [2.45, 2.75) is 19.9 Å². The van der Waals surface area contributed by atoms with Crippen LogP contribution in [0.5, 0.6) is 17.2 Å². The normalized spacial score (nSPS) is 12.6. The van der Waals surface area contributed by atoms with Crippen LogP contribution in [0.3, 0.4) is 0 Å². The molecule has 1 aliphatic rings. The van der Waals surface area contributed by atoms with Crippen molar-refractivity contribution in [1.29, 1.82) is 0 Å². The molecule has 7 heteroatoms. The zero-order valence-electron chi connectivity index (χ0n) is 16.9. The van der Waals surface area contributed by atoms with Crippen LogP contribution < -0.4 is 14.8 Å². The average Bonchev–Trinajstić information content (AvgIpc) is 2.76. The third-order valence-corrected chi connectivity index (χ3v) is 5.21. The maximum Gasteiger partial charge on any atom is 0.322 e. The smallest absolute Gasteiger partial charge is 0.322 e. The fraction of sp³-hybridized carbons (Fsp3) is 0.167. The zero-order valence-corrected chi connectivity index (χ0v) is 17.7. The predicted molar refractivity (Wildman–Crippen MR) is 119 cm³/mol. The zero-order chi connectivity index (χ0) is 21.8. The lowest BCUT2D eigenvalue weighted by atomic mass is 10.0. The monoisotopic (exact) mass is 436 g/mol. The fourth-order valence-electron chi connectivity index (χ4n) is 3.40. The van der Waals surface area contributed by atoms with Gasteiger partial charge in [-0.15, -0.1) is 0 Å². The Bertz CT molecular complexity index is 1110. The largest absolute Gasteiger partial charge is 0.456 e. The van der Waals surface area contributed by atoms with Crippen LogP contribution in [0, 0.1) is 0 Å². The maximum atomic E-state index is 12.6. The Hall–Kier alpha value is -3.51. The van der Waals surface area contributed by atoms with Crippen LogP contribution >= 0.6 is 11.6 Å². The molecule has 0 aromatic heterocycles. The fourth-order valence-corrected chi connectivity index (χ4v) is 3.61. The number of anilines is 1. The second-order valence-electron chi connectivity index (χ2n) is 7.18. The van der Waals surface area contributed by atoms with Crippen LogP contribution in [0.25, 0.3) is 0 Å². The van der Waals surface area contributed by atoms with Gasteiger partial charge in [0.1, 0.15) is 17.2 Å². The van der Waals surface area contributed by atoms with Crippen molar-refractivity contribution in [2.75, 3.05) is 11.9 Å². The molecule has 0 saturated carbocycles. The highest BCUT2D eigenvalue weighted by molar-refractivity contribution is 6.32. The first-order valence-electron chi connectivity index (χ1n) is 9.86. The Balaban J connectivity index is 1.36. The number of amides is 2. The number of halogens is 1. The molecule has 2 amide bonds. The molecule has 0 fully saturated rings. The molecule has 0 spiro atoms. The summed E-state index contributed by atoms with van der Waals surface area (Å²) >= 11 is 6.21. The second kappa shape index (κ2) is 9.10. The molecule has 0 radical (unpaired) electrons. The van der Waals surface area contributed by atoms with Crippen molar-refractivity contribution in [1.82, 2.24) is 4.90 Å². The lowest BCUT2D eigenvalue weighted by molar-refractivity contribution is -0.131. The third-order valence-electron chi connectivity index (χ3n) is 4.92. The van der Waals surface area contributed by atoms with Gasteiger partial charge in [-0.1, -0.05) is 35.9 Å². The van der Waals surface area contributed by atoms with Crippen molar-refractivity contribution in [3.63, 3.8) is 0 Å². The van der Waals surface area contributed by atoms with E-state index in [0.29, 0.717) is 41.0 Å². The van der Waals surface area contributed by atoms with Gasteiger partial charge in [-0.2, -0.15) is 0 Å². The highest BCUT2D eigenvalue weighted by Gasteiger charge is 2.20. The third kappa shape index (κ3) is 5.16. The van der Waals surface area contributed by atoms with Gasteiger partial charge in [0.15, 0.2) is 0 Å². The molecule has 6 nitrogen and oxygen atoms in total. The minimum absolute atomic E-state index is 0.132. The van der Waals surface area contributed by atoms with E-state index in [9.17, 15) is 9.59 Å². The van der Waals surface area contributed by atoms with Crippen LogP contribution in [0.4, 0.5) is 10.5 Å². The van der Waals surface area contributed by atoms with Gasteiger partial charge < -0.3 is 19.7 Å². The van der Waals surface area contributed by atoms with Crippen LogP contribution in [0.1, 0.15) is 18.1 Å². The van der Waals surface area contributed by atoms with E-state index < -0.39 is 5.97 Å². The van der Waals surface area contributed by atoms with E-state index in [-0.39, 0.29) is 6.03 Å². The number of rotatable bonds is 4. The Morgan fingerprint density at radius 1 is 0.968 bits per heavy atom. The van der Waals surface area contributed by atoms with Crippen LogP contribution in [0.15, 0.2) is 66.7 Å². The highest BCUT2D eigenvalue weighted by Crippen LogP contribution is 2.33. The summed E-state index contributed by atoms with van der Waals surface area (Å²) in [5.74, 6) is 0.924. The molecule has 0 unspecified atom stereocenters. The van der Waals surface area contributed by atoms with Crippen LogP contribution in [-0.2, 0) is 17.8 Å². The topological polar surface area (TPSA) is 67.9 Å². The SMILES string of the molecule is CC(=O)Oc1ccc(Oc2ccc(NC(=O)N3CCc4ccccc4C3)cc2)c(Cl)c1. The summed E-state index contributed by atoms with van der Waals surface area (Å²) in [6, 6.07) is 19.8. The molecule has 0 atom stereocenters. The number of nitrogens with one attached hydrogen (secondary N) is 1. The minimum atomic E-state index is -0.420. The van der Waals surface area contributed by atoms with Crippen molar-refractivity contribution in [2.24, 2.45) is 0 Å². The second-order valence-corrected chi connectivity index (χ2v) is 7.59. The van der Waals surface area contributed by atoms with E-state index in [2.05, 4.69) is 17.4 Å². The first-order valence-corrected chi connectivity index (χ1v) is 10.2. The standard InChI is InChI=1S/C24H21ClN2O4/c1-16(28)30-21-10-11-23(22(25)14-21)31-20-8-6-19(7-9-20)26-24(29)27-13-12-17-4-2-3-5-18(17)15-27/h2-11,14H,12-13,15H2,1H3,(H,26,29). The summed E-state index contributed by atoms with van der Waals surface area (Å²) in [4.78, 5) is 25.5. The first-order chi connectivity index (χ1) is 15.0. The first kappa shape index (κ1) is 20.8. The van der Waals surface area contributed by atoms with E-state index >= 15 is 0 Å². The number of carbonyl (C=O) groups is 2. The Labute approximate surface area is 185 Å². The minimum Gasteiger partial charge on any atom is -0.456 e. The summed E-state index contributed by atoms with van der Waals surface area (Å²) in [6.07, 6.45) is 0.855. The number of fused-ring (bicyclic) bond motifs is 1. The van der Waals surface area contributed by atoms with E-state index in [1.165, 1.54) is 24.1 Å². The van der Waals surface area contributed by atoms with Crippen molar-refractivity contribution in [3.05, 3.63) is 82.9 Å². The number of hydrogen-bond acceptors (Lipinski definition) is 4. The summed E-state index contributed by atoms with van der Waals surface area (Å²) in [5, 5.41) is 3.25. The molecule has 1 aliphatic heterocycles. The number of ether oxygens (including phenoxy) is 2. The van der Waals surface area contributed by atoms with Crippen molar-refractivity contribution >= 4 is 29.3 Å². The van der Waals surface area contributed by atoms with Crippen molar-refractivity contribution < 1.29 is 19.1 Å². The summed E-state index contributed by atoms with van der Waals surface area (Å²) < 4.78 is 10.8. The van der Waals surface area contributed by atoms with Gasteiger partial charge in [0, 0.05) is 31.8 Å². The quantitative estimate of drug-likeness (QED) is 0.424. The number of carbonyl (C=O) groups excluding carboxylic acids is 2. The van der Waals surface area contributed by atoms with Gasteiger partial charge in [-0.3, -0.25) is 4.79 Å². The molecular formula is C24H21ClN2O4. The van der Waals surface area contributed by atoms with Gasteiger partial charge >= 0.3 is 12.0 Å². The van der Waals surface area contributed by atoms with Gasteiger partial charge in [-0.25, -0.2) is 4.79 Å². The molecule has 0 bridgehead atoms. The molecule has 3 aromatic carbocycles. The Morgan fingerprint density at radius 3 is 2.39 bits per heavy atom. The highest BCUT2D eigenvalue weighted by atomic mass is 35.5. The number of urea groups is 1.